The van der Waals surface area contributed by atoms with Crippen LogP contribution in [0.5, 0.6) is 0 Å². The second-order valence-electron chi connectivity index (χ2n) is 5.96. The predicted octanol–water partition coefficient (Wildman–Crippen LogP) is 1.39. The number of carbonyl (C=O) groups is 4. The summed E-state index contributed by atoms with van der Waals surface area (Å²) in [4.78, 5) is 47.3. The molecule has 0 aliphatic rings. The highest BCUT2D eigenvalue weighted by Gasteiger charge is 2.12. The SMILES string of the molecule is Cc1ccc(NC(=O)COC(=O)CNC(=O)CNC(=O)c2cccs2)c(C)c1. The highest BCUT2D eigenvalue weighted by atomic mass is 32.1. The van der Waals surface area contributed by atoms with Crippen molar-refractivity contribution in [3.05, 3.63) is 51.7 Å². The summed E-state index contributed by atoms with van der Waals surface area (Å²) < 4.78 is 4.82. The van der Waals surface area contributed by atoms with Crippen molar-refractivity contribution in [2.45, 2.75) is 13.8 Å². The molecule has 2 rings (SSSR count). The van der Waals surface area contributed by atoms with Crippen molar-refractivity contribution < 1.29 is 23.9 Å². The van der Waals surface area contributed by atoms with E-state index in [9.17, 15) is 19.2 Å². The Labute approximate surface area is 166 Å². The highest BCUT2D eigenvalue weighted by Crippen LogP contribution is 2.15. The monoisotopic (exact) mass is 403 g/mol. The summed E-state index contributed by atoms with van der Waals surface area (Å²) in [6.07, 6.45) is 0. The van der Waals surface area contributed by atoms with Crippen LogP contribution in [0, 0.1) is 13.8 Å². The summed E-state index contributed by atoms with van der Waals surface area (Å²) in [5.41, 5.74) is 2.61. The van der Waals surface area contributed by atoms with Gasteiger partial charge in [0.1, 0.15) is 6.54 Å². The summed E-state index contributed by atoms with van der Waals surface area (Å²) >= 11 is 1.26. The number of hydrogen-bond donors (Lipinski definition) is 3. The van der Waals surface area contributed by atoms with E-state index >= 15 is 0 Å². The first-order valence-corrected chi connectivity index (χ1v) is 9.34. The molecular weight excluding hydrogens is 382 g/mol. The third-order valence-electron chi connectivity index (χ3n) is 3.60. The van der Waals surface area contributed by atoms with E-state index in [4.69, 9.17) is 4.74 Å². The van der Waals surface area contributed by atoms with Gasteiger partial charge in [-0.05, 0) is 36.9 Å². The zero-order valence-corrected chi connectivity index (χ0v) is 16.4. The van der Waals surface area contributed by atoms with E-state index in [1.165, 1.54) is 11.3 Å². The molecule has 0 bridgehead atoms. The lowest BCUT2D eigenvalue weighted by atomic mass is 10.1. The quantitative estimate of drug-likeness (QED) is 0.577. The van der Waals surface area contributed by atoms with Crippen LogP contribution in [0.15, 0.2) is 35.7 Å². The lowest BCUT2D eigenvalue weighted by Gasteiger charge is -2.10. The number of anilines is 1. The van der Waals surface area contributed by atoms with Crippen LogP contribution in [0.4, 0.5) is 5.69 Å². The van der Waals surface area contributed by atoms with Crippen LogP contribution in [0.1, 0.15) is 20.8 Å². The van der Waals surface area contributed by atoms with Crippen molar-refractivity contribution in [3.63, 3.8) is 0 Å². The summed E-state index contributed by atoms with van der Waals surface area (Å²) in [6.45, 7) is 2.68. The minimum absolute atomic E-state index is 0.267. The standard InChI is InChI=1S/C19H21N3O5S/c1-12-5-6-14(13(2)8-12)22-17(24)11-27-18(25)10-20-16(23)9-21-19(26)15-4-3-7-28-15/h3-8H,9-11H2,1-2H3,(H,20,23)(H,21,26)(H,22,24). The second-order valence-corrected chi connectivity index (χ2v) is 6.91. The van der Waals surface area contributed by atoms with E-state index in [-0.39, 0.29) is 12.5 Å². The average molecular weight is 403 g/mol. The fraction of sp³-hybridized carbons (Fsp3) is 0.263. The Morgan fingerprint density at radius 2 is 1.79 bits per heavy atom. The topological polar surface area (TPSA) is 114 Å². The van der Waals surface area contributed by atoms with Crippen molar-refractivity contribution in [1.82, 2.24) is 10.6 Å². The molecule has 0 saturated heterocycles. The number of rotatable bonds is 8. The first kappa shape index (κ1) is 21.1. The number of carbonyl (C=O) groups excluding carboxylic acids is 4. The van der Waals surface area contributed by atoms with Crippen molar-refractivity contribution in [1.29, 1.82) is 0 Å². The van der Waals surface area contributed by atoms with Gasteiger partial charge in [-0.3, -0.25) is 19.2 Å². The number of hydrogen-bond acceptors (Lipinski definition) is 6. The normalized spacial score (nSPS) is 10.1. The molecule has 0 aliphatic heterocycles. The van der Waals surface area contributed by atoms with Crippen molar-refractivity contribution in [3.8, 4) is 0 Å². The largest absolute Gasteiger partial charge is 0.454 e. The van der Waals surface area contributed by atoms with Gasteiger partial charge in [-0.2, -0.15) is 0 Å². The van der Waals surface area contributed by atoms with E-state index < -0.39 is 30.9 Å². The van der Waals surface area contributed by atoms with Crippen LogP contribution in [0.3, 0.4) is 0 Å². The molecule has 1 heterocycles. The smallest absolute Gasteiger partial charge is 0.325 e. The van der Waals surface area contributed by atoms with Crippen molar-refractivity contribution >= 4 is 40.7 Å². The Morgan fingerprint density at radius 3 is 2.46 bits per heavy atom. The molecular formula is C19H21N3O5S. The molecule has 0 aliphatic carbocycles. The van der Waals surface area contributed by atoms with E-state index in [0.717, 1.165) is 11.1 Å². The summed E-state index contributed by atoms with van der Waals surface area (Å²) in [5.74, 6) is -2.14. The Balaban J connectivity index is 1.64. The molecule has 8 nitrogen and oxygen atoms in total. The molecule has 148 valence electrons. The van der Waals surface area contributed by atoms with E-state index in [0.29, 0.717) is 10.6 Å². The molecule has 3 amide bonds. The molecule has 0 radical (unpaired) electrons. The molecule has 0 saturated carbocycles. The van der Waals surface area contributed by atoms with Gasteiger partial charge in [0, 0.05) is 5.69 Å². The van der Waals surface area contributed by atoms with Gasteiger partial charge in [0.05, 0.1) is 11.4 Å². The number of benzene rings is 1. The maximum Gasteiger partial charge on any atom is 0.325 e. The molecule has 0 spiro atoms. The van der Waals surface area contributed by atoms with Crippen LogP contribution >= 0.6 is 11.3 Å². The highest BCUT2D eigenvalue weighted by molar-refractivity contribution is 7.12. The van der Waals surface area contributed by atoms with Gasteiger partial charge >= 0.3 is 5.97 Å². The number of thiophene rings is 1. The Bertz CT molecular complexity index is 864. The number of nitrogens with one attached hydrogen (secondary N) is 3. The van der Waals surface area contributed by atoms with Crippen LogP contribution in [0.2, 0.25) is 0 Å². The van der Waals surface area contributed by atoms with Crippen molar-refractivity contribution in [2.75, 3.05) is 25.0 Å². The molecule has 28 heavy (non-hydrogen) atoms. The average Bonchev–Trinajstić information content (AvgIpc) is 3.20. The summed E-state index contributed by atoms with van der Waals surface area (Å²) in [5, 5.41) is 9.16. The van der Waals surface area contributed by atoms with Crippen LogP contribution in [-0.4, -0.2) is 43.4 Å². The predicted molar refractivity (Wildman–Crippen MR) is 105 cm³/mol. The van der Waals surface area contributed by atoms with Crippen molar-refractivity contribution in [2.24, 2.45) is 0 Å². The summed E-state index contributed by atoms with van der Waals surface area (Å²) in [6, 6.07) is 8.93. The number of esters is 1. The van der Waals surface area contributed by atoms with Crippen LogP contribution < -0.4 is 16.0 Å². The Hall–Kier alpha value is -3.20. The molecule has 2 aromatic rings. The molecule has 0 atom stereocenters. The minimum Gasteiger partial charge on any atom is -0.454 e. The lowest BCUT2D eigenvalue weighted by molar-refractivity contribution is -0.147. The molecule has 1 aromatic heterocycles. The van der Waals surface area contributed by atoms with Gasteiger partial charge in [0.25, 0.3) is 11.8 Å². The fourth-order valence-electron chi connectivity index (χ4n) is 2.23. The van der Waals surface area contributed by atoms with Gasteiger partial charge in [-0.25, -0.2) is 0 Å². The molecule has 9 heteroatoms. The summed E-state index contributed by atoms with van der Waals surface area (Å²) in [7, 11) is 0. The second kappa shape index (κ2) is 10.2. The van der Waals surface area contributed by atoms with Crippen LogP contribution in [0.25, 0.3) is 0 Å². The van der Waals surface area contributed by atoms with Gasteiger partial charge in [-0.1, -0.05) is 23.8 Å². The maximum absolute atomic E-state index is 11.9. The fourth-order valence-corrected chi connectivity index (χ4v) is 2.87. The molecule has 0 fully saturated rings. The maximum atomic E-state index is 11.9. The van der Waals surface area contributed by atoms with Crippen LogP contribution in [-0.2, 0) is 19.1 Å². The molecule has 0 unspecified atom stereocenters. The molecule has 1 aromatic carbocycles. The van der Waals surface area contributed by atoms with Gasteiger partial charge < -0.3 is 20.7 Å². The number of aryl methyl sites for hydroxylation is 2. The van der Waals surface area contributed by atoms with E-state index in [1.807, 2.05) is 26.0 Å². The lowest BCUT2D eigenvalue weighted by Crippen LogP contribution is -2.39. The first-order chi connectivity index (χ1) is 13.3. The molecule has 3 N–H and O–H groups in total. The zero-order chi connectivity index (χ0) is 20.5. The first-order valence-electron chi connectivity index (χ1n) is 8.46. The minimum atomic E-state index is -0.756. The van der Waals surface area contributed by atoms with Gasteiger partial charge in [0.2, 0.25) is 5.91 Å². The van der Waals surface area contributed by atoms with Gasteiger partial charge in [0.15, 0.2) is 6.61 Å². The van der Waals surface area contributed by atoms with E-state index in [2.05, 4.69) is 16.0 Å². The number of amides is 3. The third kappa shape index (κ3) is 6.84. The zero-order valence-electron chi connectivity index (χ0n) is 15.5. The van der Waals surface area contributed by atoms with Gasteiger partial charge in [-0.15, -0.1) is 11.3 Å². The number of ether oxygens (including phenoxy) is 1. The Morgan fingerprint density at radius 1 is 1.00 bits per heavy atom. The van der Waals surface area contributed by atoms with E-state index in [1.54, 1.807) is 23.6 Å². The third-order valence-corrected chi connectivity index (χ3v) is 4.47. The Kier molecular flexibility index (Phi) is 7.70.